The molecule has 0 saturated carbocycles. The second-order valence-corrected chi connectivity index (χ2v) is 2.79. The van der Waals surface area contributed by atoms with Crippen molar-refractivity contribution in [3.05, 3.63) is 35.4 Å². The zero-order valence-electron chi connectivity index (χ0n) is 7.58. The number of carbonyl (C=O) groups excluding carboxylic acids is 1. The average molecular weight is 215 g/mol. The van der Waals surface area contributed by atoms with Gasteiger partial charge in [-0.3, -0.25) is 4.79 Å². The topological polar surface area (TPSA) is 69.6 Å². The van der Waals surface area contributed by atoms with E-state index in [0.29, 0.717) is 0 Å². The SMILES string of the molecule is O=C(NCB(O)O)c1c(F)cccc1F. The molecule has 0 unspecified atom stereocenters. The van der Waals surface area contributed by atoms with Crippen LogP contribution in [-0.2, 0) is 0 Å². The van der Waals surface area contributed by atoms with E-state index >= 15 is 0 Å². The summed E-state index contributed by atoms with van der Waals surface area (Å²) in [6, 6.07) is 3.00. The first-order chi connectivity index (χ1) is 7.02. The minimum Gasteiger partial charge on any atom is -0.426 e. The lowest BCUT2D eigenvalue weighted by Crippen LogP contribution is -2.35. The number of nitrogens with one attached hydrogen (secondary N) is 1. The molecule has 0 aromatic heterocycles. The number of hydrogen-bond acceptors (Lipinski definition) is 3. The van der Waals surface area contributed by atoms with E-state index in [1.54, 1.807) is 0 Å². The van der Waals surface area contributed by atoms with Crippen LogP contribution in [0.4, 0.5) is 8.78 Å². The van der Waals surface area contributed by atoms with E-state index in [9.17, 15) is 13.6 Å². The highest BCUT2D eigenvalue weighted by Gasteiger charge is 2.18. The quantitative estimate of drug-likeness (QED) is 0.606. The van der Waals surface area contributed by atoms with Crippen LogP contribution in [0.2, 0.25) is 0 Å². The molecule has 0 heterocycles. The Morgan fingerprint density at radius 2 is 1.87 bits per heavy atom. The predicted octanol–water partition coefficient (Wildman–Crippen LogP) is -0.293. The fourth-order valence-corrected chi connectivity index (χ4v) is 0.987. The Balaban J connectivity index is 2.82. The van der Waals surface area contributed by atoms with Crippen LogP contribution in [0, 0.1) is 11.6 Å². The number of halogens is 2. The molecular formula is C8H8BF2NO3. The molecule has 0 atom stereocenters. The zero-order chi connectivity index (χ0) is 11.4. The van der Waals surface area contributed by atoms with E-state index < -0.39 is 36.7 Å². The molecular weight excluding hydrogens is 207 g/mol. The van der Waals surface area contributed by atoms with Crippen LogP contribution in [0.25, 0.3) is 0 Å². The minimum atomic E-state index is -1.76. The molecule has 1 rings (SSSR count). The number of carbonyl (C=O) groups is 1. The first-order valence-corrected chi connectivity index (χ1v) is 4.10. The van der Waals surface area contributed by atoms with Gasteiger partial charge in [0.25, 0.3) is 5.91 Å². The van der Waals surface area contributed by atoms with Crippen molar-refractivity contribution in [3.8, 4) is 0 Å². The smallest absolute Gasteiger partial charge is 0.426 e. The molecule has 80 valence electrons. The summed E-state index contributed by atoms with van der Waals surface area (Å²) in [7, 11) is -1.76. The molecule has 15 heavy (non-hydrogen) atoms. The normalized spacial score (nSPS) is 9.87. The molecule has 3 N–H and O–H groups in total. The van der Waals surface area contributed by atoms with Gasteiger partial charge in [0, 0.05) is 0 Å². The van der Waals surface area contributed by atoms with Crippen molar-refractivity contribution in [1.29, 1.82) is 0 Å². The third-order valence-corrected chi connectivity index (χ3v) is 1.64. The number of amides is 1. The molecule has 0 saturated heterocycles. The summed E-state index contributed by atoms with van der Waals surface area (Å²) in [4.78, 5) is 11.2. The van der Waals surface area contributed by atoms with Gasteiger partial charge in [-0.2, -0.15) is 0 Å². The fraction of sp³-hybridized carbons (Fsp3) is 0.125. The highest BCUT2D eigenvalue weighted by atomic mass is 19.1. The van der Waals surface area contributed by atoms with Crippen molar-refractivity contribution in [2.45, 2.75) is 0 Å². The Bertz CT molecular complexity index is 353. The van der Waals surface area contributed by atoms with Gasteiger partial charge in [0.05, 0.1) is 6.44 Å². The molecule has 0 aliphatic rings. The molecule has 0 spiro atoms. The predicted molar refractivity (Wildman–Crippen MR) is 48.9 cm³/mol. The van der Waals surface area contributed by atoms with Crippen molar-refractivity contribution in [3.63, 3.8) is 0 Å². The average Bonchev–Trinajstić information content (AvgIpc) is 2.14. The lowest BCUT2D eigenvalue weighted by atomic mass is 9.92. The summed E-state index contributed by atoms with van der Waals surface area (Å²) >= 11 is 0. The maximum atomic E-state index is 13.0. The van der Waals surface area contributed by atoms with Gasteiger partial charge < -0.3 is 15.4 Å². The van der Waals surface area contributed by atoms with Crippen LogP contribution < -0.4 is 5.32 Å². The Hall–Kier alpha value is -1.47. The highest BCUT2D eigenvalue weighted by molar-refractivity contribution is 6.41. The molecule has 1 aromatic carbocycles. The van der Waals surface area contributed by atoms with Crippen LogP contribution in [-0.4, -0.2) is 29.5 Å². The maximum absolute atomic E-state index is 13.0. The molecule has 7 heteroatoms. The first kappa shape index (κ1) is 11.6. The second kappa shape index (κ2) is 4.85. The summed E-state index contributed by atoms with van der Waals surface area (Å²) in [5, 5.41) is 18.8. The lowest BCUT2D eigenvalue weighted by Gasteiger charge is -2.05. The Labute approximate surface area is 84.7 Å². The summed E-state index contributed by atoms with van der Waals surface area (Å²) in [6.45, 7) is 0. The van der Waals surface area contributed by atoms with Crippen molar-refractivity contribution in [2.75, 3.05) is 6.44 Å². The number of rotatable bonds is 3. The van der Waals surface area contributed by atoms with Gasteiger partial charge in [0.15, 0.2) is 0 Å². The molecule has 4 nitrogen and oxygen atoms in total. The molecule has 0 aliphatic heterocycles. The van der Waals surface area contributed by atoms with Crippen LogP contribution in [0.1, 0.15) is 10.4 Å². The van der Waals surface area contributed by atoms with Crippen LogP contribution in [0.15, 0.2) is 18.2 Å². The van der Waals surface area contributed by atoms with Gasteiger partial charge in [-0.05, 0) is 12.1 Å². The van der Waals surface area contributed by atoms with Gasteiger partial charge in [-0.1, -0.05) is 6.07 Å². The molecule has 0 bridgehead atoms. The van der Waals surface area contributed by atoms with E-state index in [1.807, 2.05) is 5.32 Å². The van der Waals surface area contributed by atoms with Gasteiger partial charge in [-0.25, -0.2) is 8.78 Å². The van der Waals surface area contributed by atoms with E-state index in [-0.39, 0.29) is 0 Å². The Morgan fingerprint density at radius 3 is 2.33 bits per heavy atom. The Kier molecular flexibility index (Phi) is 3.76. The maximum Gasteiger partial charge on any atom is 0.472 e. The van der Waals surface area contributed by atoms with E-state index in [1.165, 1.54) is 0 Å². The minimum absolute atomic E-state index is 0.493. The highest BCUT2D eigenvalue weighted by Crippen LogP contribution is 2.11. The monoisotopic (exact) mass is 215 g/mol. The molecule has 1 aromatic rings. The van der Waals surface area contributed by atoms with Gasteiger partial charge >= 0.3 is 7.12 Å². The second-order valence-electron chi connectivity index (χ2n) is 2.79. The third-order valence-electron chi connectivity index (χ3n) is 1.64. The number of benzene rings is 1. The fourth-order valence-electron chi connectivity index (χ4n) is 0.987. The first-order valence-electron chi connectivity index (χ1n) is 4.10. The zero-order valence-corrected chi connectivity index (χ0v) is 7.58. The molecule has 0 radical (unpaired) electrons. The summed E-state index contributed by atoms with van der Waals surface area (Å²) in [5.41, 5.74) is -0.738. The van der Waals surface area contributed by atoms with Gasteiger partial charge in [0.2, 0.25) is 0 Å². The van der Waals surface area contributed by atoms with E-state index in [2.05, 4.69) is 0 Å². The summed E-state index contributed by atoms with van der Waals surface area (Å²) < 4.78 is 26.0. The van der Waals surface area contributed by atoms with Gasteiger partial charge in [0.1, 0.15) is 17.2 Å². The van der Waals surface area contributed by atoms with Gasteiger partial charge in [-0.15, -0.1) is 0 Å². The third kappa shape index (κ3) is 3.00. The standard InChI is InChI=1S/C8H8BF2NO3/c10-5-2-1-3-6(11)7(5)8(13)12-4-9(14)15/h1-3,14-15H,4H2,(H,12,13). The van der Waals surface area contributed by atoms with Crippen molar-refractivity contribution in [1.82, 2.24) is 5.32 Å². The molecule has 0 aliphatic carbocycles. The Morgan fingerprint density at radius 1 is 1.33 bits per heavy atom. The van der Waals surface area contributed by atoms with E-state index in [4.69, 9.17) is 10.0 Å². The largest absolute Gasteiger partial charge is 0.472 e. The van der Waals surface area contributed by atoms with Crippen LogP contribution in [0.3, 0.4) is 0 Å². The van der Waals surface area contributed by atoms with Crippen LogP contribution in [0.5, 0.6) is 0 Å². The van der Waals surface area contributed by atoms with Crippen molar-refractivity contribution < 1.29 is 23.6 Å². The number of hydrogen-bond donors (Lipinski definition) is 3. The summed E-state index contributed by atoms with van der Waals surface area (Å²) in [5.74, 6) is -3.03. The van der Waals surface area contributed by atoms with Crippen molar-refractivity contribution in [2.24, 2.45) is 0 Å². The lowest BCUT2D eigenvalue weighted by molar-refractivity contribution is 0.0948. The molecule has 1 amide bonds. The molecule has 0 fully saturated rings. The summed E-state index contributed by atoms with van der Waals surface area (Å²) in [6.07, 6.45) is -0.493. The van der Waals surface area contributed by atoms with Crippen molar-refractivity contribution >= 4 is 13.0 Å². The van der Waals surface area contributed by atoms with Crippen LogP contribution >= 0.6 is 0 Å². The van der Waals surface area contributed by atoms with E-state index in [0.717, 1.165) is 18.2 Å².